The molecule has 0 aliphatic heterocycles. The summed E-state index contributed by atoms with van der Waals surface area (Å²) < 4.78 is 7.18. The molecular weight excluding hydrogens is 228 g/mol. The summed E-state index contributed by atoms with van der Waals surface area (Å²) in [4.78, 5) is 4.36. The summed E-state index contributed by atoms with van der Waals surface area (Å²) in [6.45, 7) is 7.26. The lowest BCUT2D eigenvalue weighted by Crippen LogP contribution is -2.32. The quantitative estimate of drug-likeness (QED) is 0.766. The summed E-state index contributed by atoms with van der Waals surface area (Å²) in [6.07, 6.45) is 3.62. The molecule has 1 aromatic rings. The predicted molar refractivity (Wildman–Crippen MR) is 72.6 cm³/mol. The Kier molecular flexibility index (Phi) is 6.29. The van der Waals surface area contributed by atoms with Crippen molar-refractivity contribution in [2.24, 2.45) is 5.92 Å². The Balaban J connectivity index is 2.59. The molecule has 0 saturated carbocycles. The fourth-order valence-electron chi connectivity index (χ4n) is 2.21. The molecule has 5 nitrogen and oxygen atoms in total. The topological polar surface area (TPSA) is 52.0 Å². The van der Waals surface area contributed by atoms with Crippen LogP contribution in [0, 0.1) is 5.92 Å². The van der Waals surface area contributed by atoms with Crippen LogP contribution >= 0.6 is 0 Å². The molecule has 0 saturated heterocycles. The highest BCUT2D eigenvalue weighted by atomic mass is 16.5. The van der Waals surface area contributed by atoms with E-state index in [4.69, 9.17) is 4.74 Å². The molecule has 1 rings (SSSR count). The van der Waals surface area contributed by atoms with Crippen molar-refractivity contribution < 1.29 is 4.74 Å². The highest BCUT2D eigenvalue weighted by molar-refractivity contribution is 4.91. The Morgan fingerprint density at radius 2 is 2.11 bits per heavy atom. The molecule has 2 atom stereocenters. The van der Waals surface area contributed by atoms with Crippen molar-refractivity contribution in [1.82, 2.24) is 20.1 Å². The third-order valence-corrected chi connectivity index (χ3v) is 3.11. The minimum absolute atomic E-state index is 0.358. The molecule has 1 heterocycles. The molecule has 104 valence electrons. The van der Waals surface area contributed by atoms with Crippen molar-refractivity contribution in [1.29, 1.82) is 0 Å². The Bertz CT molecular complexity index is 337. The number of ether oxygens (including phenoxy) is 1. The lowest BCUT2D eigenvalue weighted by atomic mass is 10.00. The number of hydrogen-bond acceptors (Lipinski definition) is 4. The molecule has 0 aliphatic carbocycles. The van der Waals surface area contributed by atoms with E-state index in [1.807, 2.05) is 11.7 Å². The van der Waals surface area contributed by atoms with Crippen molar-refractivity contribution in [2.75, 3.05) is 20.8 Å². The molecule has 18 heavy (non-hydrogen) atoms. The van der Waals surface area contributed by atoms with Gasteiger partial charge in [0.25, 0.3) is 0 Å². The molecule has 0 amide bonds. The summed E-state index contributed by atoms with van der Waals surface area (Å²) in [5.41, 5.74) is 0. The van der Waals surface area contributed by atoms with Crippen molar-refractivity contribution in [2.45, 2.75) is 45.7 Å². The van der Waals surface area contributed by atoms with E-state index in [-0.39, 0.29) is 0 Å². The van der Waals surface area contributed by atoms with Crippen LogP contribution in [0.4, 0.5) is 0 Å². The summed E-state index contributed by atoms with van der Waals surface area (Å²) in [6, 6.07) is 0.772. The minimum Gasteiger partial charge on any atom is -0.384 e. The highest BCUT2D eigenvalue weighted by Gasteiger charge is 2.16. The number of nitrogens with zero attached hydrogens (tertiary/aromatic N) is 3. The molecular formula is C13H26N4O. The Hall–Kier alpha value is -0.940. The van der Waals surface area contributed by atoms with E-state index in [0.717, 1.165) is 25.3 Å². The van der Waals surface area contributed by atoms with Crippen LogP contribution in [0.2, 0.25) is 0 Å². The van der Waals surface area contributed by atoms with Crippen LogP contribution in [0.1, 0.15) is 39.1 Å². The van der Waals surface area contributed by atoms with Crippen LogP contribution in [-0.2, 0) is 11.2 Å². The van der Waals surface area contributed by atoms with Crippen LogP contribution in [0.25, 0.3) is 0 Å². The summed E-state index contributed by atoms with van der Waals surface area (Å²) in [7, 11) is 3.75. The second-order valence-electron chi connectivity index (χ2n) is 5.20. The van der Waals surface area contributed by atoms with E-state index in [2.05, 4.69) is 36.2 Å². The van der Waals surface area contributed by atoms with Crippen LogP contribution in [-0.4, -0.2) is 41.6 Å². The van der Waals surface area contributed by atoms with Gasteiger partial charge in [-0.15, -0.1) is 0 Å². The number of methoxy groups -OCH3 is 1. The molecule has 1 N–H and O–H groups in total. The SMILES string of the molecule is CNC(Cc1ncnn1C(C)C)CC(C)COC. The van der Waals surface area contributed by atoms with Crippen molar-refractivity contribution >= 4 is 0 Å². The van der Waals surface area contributed by atoms with Crippen molar-refractivity contribution in [3.63, 3.8) is 0 Å². The Labute approximate surface area is 110 Å². The molecule has 0 spiro atoms. The van der Waals surface area contributed by atoms with Gasteiger partial charge in [-0.2, -0.15) is 5.10 Å². The van der Waals surface area contributed by atoms with Gasteiger partial charge in [0.1, 0.15) is 12.2 Å². The largest absolute Gasteiger partial charge is 0.384 e. The number of likely N-dealkylation sites (N-methyl/N-ethyl adjacent to an activating group) is 1. The van der Waals surface area contributed by atoms with Gasteiger partial charge in [-0.3, -0.25) is 0 Å². The first-order chi connectivity index (χ1) is 8.58. The molecule has 0 fully saturated rings. The number of hydrogen-bond donors (Lipinski definition) is 1. The van der Waals surface area contributed by atoms with Gasteiger partial charge in [0.05, 0.1) is 0 Å². The van der Waals surface area contributed by atoms with Crippen LogP contribution in [0.15, 0.2) is 6.33 Å². The fraction of sp³-hybridized carbons (Fsp3) is 0.846. The average Bonchev–Trinajstić information content (AvgIpc) is 2.76. The van der Waals surface area contributed by atoms with Crippen LogP contribution < -0.4 is 5.32 Å². The third kappa shape index (κ3) is 4.38. The highest BCUT2D eigenvalue weighted by Crippen LogP contribution is 2.12. The van der Waals surface area contributed by atoms with Gasteiger partial charge in [0.15, 0.2) is 0 Å². The van der Waals surface area contributed by atoms with Crippen molar-refractivity contribution in [3.8, 4) is 0 Å². The summed E-state index contributed by atoms with van der Waals surface area (Å²) >= 11 is 0. The van der Waals surface area contributed by atoms with Gasteiger partial charge in [0.2, 0.25) is 0 Å². The molecule has 2 unspecified atom stereocenters. The van der Waals surface area contributed by atoms with Gasteiger partial charge in [0, 0.05) is 32.2 Å². The minimum atomic E-state index is 0.358. The van der Waals surface area contributed by atoms with E-state index >= 15 is 0 Å². The second kappa shape index (κ2) is 7.48. The van der Waals surface area contributed by atoms with E-state index in [9.17, 15) is 0 Å². The maximum Gasteiger partial charge on any atom is 0.138 e. The Morgan fingerprint density at radius 1 is 1.39 bits per heavy atom. The van der Waals surface area contributed by atoms with E-state index in [1.54, 1.807) is 13.4 Å². The number of rotatable bonds is 8. The van der Waals surface area contributed by atoms with Crippen LogP contribution in [0.5, 0.6) is 0 Å². The molecule has 0 radical (unpaired) electrons. The predicted octanol–water partition coefficient (Wildman–Crippen LogP) is 1.66. The first-order valence-electron chi connectivity index (χ1n) is 6.63. The zero-order valence-corrected chi connectivity index (χ0v) is 12.2. The maximum atomic E-state index is 5.19. The standard InChI is InChI=1S/C13H26N4O/c1-10(2)17-13(15-9-16-17)7-12(14-4)6-11(3)8-18-5/h9-12,14H,6-8H2,1-5H3. The molecule has 1 aromatic heterocycles. The lowest BCUT2D eigenvalue weighted by molar-refractivity contribution is 0.149. The zero-order chi connectivity index (χ0) is 13.5. The van der Waals surface area contributed by atoms with E-state index in [0.29, 0.717) is 18.0 Å². The molecule has 0 bridgehead atoms. The number of aromatic nitrogens is 3. The summed E-state index contributed by atoms with van der Waals surface area (Å²) in [5.74, 6) is 1.59. The number of nitrogens with one attached hydrogen (secondary N) is 1. The smallest absolute Gasteiger partial charge is 0.138 e. The Morgan fingerprint density at radius 3 is 2.67 bits per heavy atom. The summed E-state index contributed by atoms with van der Waals surface area (Å²) in [5, 5.41) is 7.63. The normalized spacial score (nSPS) is 15.0. The fourth-order valence-corrected chi connectivity index (χ4v) is 2.21. The van der Waals surface area contributed by atoms with E-state index < -0.39 is 0 Å². The molecule has 0 aromatic carbocycles. The second-order valence-corrected chi connectivity index (χ2v) is 5.20. The van der Waals surface area contributed by atoms with Crippen LogP contribution in [0.3, 0.4) is 0 Å². The maximum absolute atomic E-state index is 5.19. The van der Waals surface area contributed by atoms with Gasteiger partial charge in [-0.25, -0.2) is 9.67 Å². The first kappa shape index (κ1) is 15.1. The average molecular weight is 254 g/mol. The van der Waals surface area contributed by atoms with Gasteiger partial charge >= 0.3 is 0 Å². The lowest BCUT2D eigenvalue weighted by Gasteiger charge is -2.20. The van der Waals surface area contributed by atoms with Gasteiger partial charge in [-0.05, 0) is 33.2 Å². The molecule has 0 aliphatic rings. The zero-order valence-electron chi connectivity index (χ0n) is 12.2. The first-order valence-corrected chi connectivity index (χ1v) is 6.63. The van der Waals surface area contributed by atoms with Gasteiger partial charge < -0.3 is 10.1 Å². The van der Waals surface area contributed by atoms with Crippen molar-refractivity contribution in [3.05, 3.63) is 12.2 Å². The monoisotopic (exact) mass is 254 g/mol. The molecule has 5 heteroatoms. The van der Waals surface area contributed by atoms with E-state index in [1.165, 1.54) is 0 Å². The third-order valence-electron chi connectivity index (χ3n) is 3.11. The van der Waals surface area contributed by atoms with Gasteiger partial charge in [-0.1, -0.05) is 6.92 Å².